The van der Waals surface area contributed by atoms with Crippen molar-refractivity contribution in [2.24, 2.45) is 5.41 Å². The lowest BCUT2D eigenvalue weighted by atomic mass is 9.82. The van der Waals surface area contributed by atoms with E-state index >= 15 is 0 Å². The molecule has 154 valence electrons. The van der Waals surface area contributed by atoms with Crippen molar-refractivity contribution in [1.82, 2.24) is 5.32 Å². The third-order valence-electron chi connectivity index (χ3n) is 5.08. The molecule has 3 rings (SSSR count). The van der Waals surface area contributed by atoms with Crippen LogP contribution in [-0.4, -0.2) is 24.9 Å². The summed E-state index contributed by atoms with van der Waals surface area (Å²) >= 11 is 0. The molecular weight excluding hydrogens is 369 g/mol. The molecule has 1 saturated heterocycles. The van der Waals surface area contributed by atoms with Crippen LogP contribution in [-0.2, 0) is 9.59 Å². The summed E-state index contributed by atoms with van der Waals surface area (Å²) in [5, 5.41) is 6.22. The topological polar surface area (TPSA) is 61.4 Å². The van der Waals surface area contributed by atoms with Gasteiger partial charge in [-0.25, -0.2) is 4.39 Å². The van der Waals surface area contributed by atoms with Crippen molar-refractivity contribution in [3.8, 4) is 0 Å². The van der Waals surface area contributed by atoms with E-state index in [0.717, 1.165) is 17.7 Å². The number of carbonyl (C=O) groups excluding carboxylic acids is 2. The highest BCUT2D eigenvalue weighted by Gasteiger charge is 2.27. The predicted molar refractivity (Wildman–Crippen MR) is 113 cm³/mol. The predicted octanol–water partition coefficient (Wildman–Crippen LogP) is 4.27. The second-order valence-corrected chi connectivity index (χ2v) is 8.45. The molecule has 2 aromatic carbocycles. The number of anilines is 2. The molecule has 5 nitrogen and oxygen atoms in total. The zero-order valence-corrected chi connectivity index (χ0v) is 17.2. The molecule has 2 aromatic rings. The van der Waals surface area contributed by atoms with Crippen LogP contribution in [0.4, 0.5) is 15.8 Å². The Morgan fingerprint density at radius 3 is 2.45 bits per heavy atom. The van der Waals surface area contributed by atoms with Crippen LogP contribution in [0.3, 0.4) is 0 Å². The van der Waals surface area contributed by atoms with E-state index in [0.29, 0.717) is 18.7 Å². The first-order valence-corrected chi connectivity index (χ1v) is 9.94. The number of rotatable bonds is 6. The maximum atomic E-state index is 13.3. The molecule has 1 atom stereocenters. The number of amides is 2. The van der Waals surface area contributed by atoms with Gasteiger partial charge in [0.2, 0.25) is 11.8 Å². The Morgan fingerprint density at radius 2 is 1.83 bits per heavy atom. The van der Waals surface area contributed by atoms with Gasteiger partial charge in [-0.05, 0) is 41.7 Å². The lowest BCUT2D eigenvalue weighted by Gasteiger charge is -2.32. The molecule has 0 aliphatic carbocycles. The highest BCUT2D eigenvalue weighted by molar-refractivity contribution is 6.02. The summed E-state index contributed by atoms with van der Waals surface area (Å²) in [6.45, 7) is 6.98. The SMILES string of the molecule is CC(C)(C)C(NCC(=O)Nc1ccccc1N1CCCC1=O)c1ccc(F)cc1. The minimum Gasteiger partial charge on any atom is -0.323 e. The summed E-state index contributed by atoms with van der Waals surface area (Å²) in [5.74, 6) is -0.401. The summed E-state index contributed by atoms with van der Waals surface area (Å²) in [6.07, 6.45) is 1.36. The molecule has 1 fully saturated rings. The van der Waals surface area contributed by atoms with Crippen LogP contribution in [0.25, 0.3) is 0 Å². The Bertz CT molecular complexity index is 874. The van der Waals surface area contributed by atoms with Gasteiger partial charge in [0.05, 0.1) is 17.9 Å². The number of nitrogens with one attached hydrogen (secondary N) is 2. The normalized spacial score (nSPS) is 15.4. The summed E-state index contributed by atoms with van der Waals surface area (Å²) in [4.78, 5) is 26.5. The van der Waals surface area contributed by atoms with Gasteiger partial charge in [-0.15, -0.1) is 0 Å². The average Bonchev–Trinajstić information content (AvgIpc) is 3.08. The van der Waals surface area contributed by atoms with Crippen molar-refractivity contribution >= 4 is 23.2 Å². The van der Waals surface area contributed by atoms with E-state index in [9.17, 15) is 14.0 Å². The number of benzene rings is 2. The monoisotopic (exact) mass is 397 g/mol. The van der Waals surface area contributed by atoms with Crippen LogP contribution in [0.2, 0.25) is 0 Å². The number of carbonyl (C=O) groups is 2. The minimum absolute atomic E-state index is 0.0777. The highest BCUT2D eigenvalue weighted by Crippen LogP contribution is 2.33. The molecule has 2 N–H and O–H groups in total. The van der Waals surface area contributed by atoms with Gasteiger partial charge in [0.15, 0.2) is 0 Å². The van der Waals surface area contributed by atoms with E-state index in [4.69, 9.17) is 0 Å². The van der Waals surface area contributed by atoms with E-state index in [2.05, 4.69) is 31.4 Å². The maximum absolute atomic E-state index is 13.3. The van der Waals surface area contributed by atoms with Gasteiger partial charge in [0.1, 0.15) is 5.82 Å². The van der Waals surface area contributed by atoms with Gasteiger partial charge in [-0.1, -0.05) is 45.0 Å². The first kappa shape index (κ1) is 21.0. The molecule has 1 unspecified atom stereocenters. The summed E-state index contributed by atoms with van der Waals surface area (Å²) in [5.41, 5.74) is 2.12. The Labute approximate surface area is 171 Å². The number of hydrogen-bond donors (Lipinski definition) is 2. The molecule has 1 aliphatic heterocycles. The smallest absolute Gasteiger partial charge is 0.238 e. The Kier molecular flexibility index (Phi) is 6.33. The quantitative estimate of drug-likeness (QED) is 0.765. The van der Waals surface area contributed by atoms with Crippen LogP contribution in [0.5, 0.6) is 0 Å². The Balaban J connectivity index is 1.69. The van der Waals surface area contributed by atoms with Crippen LogP contribution in [0.15, 0.2) is 48.5 Å². The zero-order valence-electron chi connectivity index (χ0n) is 17.2. The third-order valence-corrected chi connectivity index (χ3v) is 5.08. The van der Waals surface area contributed by atoms with Crippen LogP contribution >= 0.6 is 0 Å². The number of halogens is 1. The molecule has 0 bridgehead atoms. The molecule has 1 aliphatic rings. The fourth-order valence-electron chi connectivity index (χ4n) is 3.69. The van der Waals surface area contributed by atoms with Gasteiger partial charge in [0.25, 0.3) is 0 Å². The maximum Gasteiger partial charge on any atom is 0.238 e. The lowest BCUT2D eigenvalue weighted by Crippen LogP contribution is -2.37. The van der Waals surface area contributed by atoms with E-state index < -0.39 is 0 Å². The largest absolute Gasteiger partial charge is 0.323 e. The number of para-hydroxylation sites is 2. The summed E-state index contributed by atoms with van der Waals surface area (Å²) in [6, 6.07) is 13.6. The van der Waals surface area contributed by atoms with Gasteiger partial charge in [-0.2, -0.15) is 0 Å². The van der Waals surface area contributed by atoms with Gasteiger partial charge in [0, 0.05) is 19.0 Å². The number of hydrogen-bond acceptors (Lipinski definition) is 3. The van der Waals surface area contributed by atoms with Gasteiger partial charge >= 0.3 is 0 Å². The standard InChI is InChI=1S/C23H28FN3O2/c1-23(2,3)22(16-10-12-17(24)13-11-16)25-15-20(28)26-18-7-4-5-8-19(18)27-14-6-9-21(27)29/h4-5,7-8,10-13,22,25H,6,9,14-15H2,1-3H3,(H,26,28). The van der Waals surface area contributed by atoms with Crippen molar-refractivity contribution in [2.45, 2.75) is 39.7 Å². The van der Waals surface area contributed by atoms with E-state index in [-0.39, 0.29) is 35.6 Å². The molecule has 6 heteroatoms. The molecular formula is C23H28FN3O2. The van der Waals surface area contributed by atoms with Crippen LogP contribution < -0.4 is 15.5 Å². The second-order valence-electron chi connectivity index (χ2n) is 8.45. The Hall–Kier alpha value is -2.73. The second kappa shape index (κ2) is 8.74. The van der Waals surface area contributed by atoms with E-state index in [1.54, 1.807) is 23.1 Å². The van der Waals surface area contributed by atoms with Crippen LogP contribution in [0, 0.1) is 11.2 Å². The molecule has 0 spiro atoms. The van der Waals surface area contributed by atoms with Crippen LogP contribution in [0.1, 0.15) is 45.2 Å². The molecule has 0 aromatic heterocycles. The fourth-order valence-corrected chi connectivity index (χ4v) is 3.69. The molecule has 0 radical (unpaired) electrons. The van der Waals surface area contributed by atoms with Crippen molar-refractivity contribution < 1.29 is 14.0 Å². The lowest BCUT2D eigenvalue weighted by molar-refractivity contribution is -0.117. The summed E-state index contributed by atoms with van der Waals surface area (Å²) in [7, 11) is 0. The van der Waals surface area contributed by atoms with Crippen molar-refractivity contribution in [2.75, 3.05) is 23.3 Å². The number of nitrogens with zero attached hydrogens (tertiary/aromatic N) is 1. The molecule has 29 heavy (non-hydrogen) atoms. The molecule has 0 saturated carbocycles. The Morgan fingerprint density at radius 1 is 1.14 bits per heavy atom. The first-order chi connectivity index (χ1) is 13.8. The van der Waals surface area contributed by atoms with Gasteiger partial charge < -0.3 is 15.5 Å². The van der Waals surface area contributed by atoms with E-state index in [1.165, 1.54) is 12.1 Å². The average molecular weight is 397 g/mol. The molecule has 1 heterocycles. The van der Waals surface area contributed by atoms with Crippen molar-refractivity contribution in [3.05, 3.63) is 59.9 Å². The van der Waals surface area contributed by atoms with Crippen molar-refractivity contribution in [3.63, 3.8) is 0 Å². The van der Waals surface area contributed by atoms with Crippen molar-refractivity contribution in [1.29, 1.82) is 0 Å². The highest BCUT2D eigenvalue weighted by atomic mass is 19.1. The van der Waals surface area contributed by atoms with Gasteiger partial charge in [-0.3, -0.25) is 9.59 Å². The zero-order chi connectivity index (χ0) is 21.0. The van der Waals surface area contributed by atoms with E-state index in [1.807, 2.05) is 18.2 Å². The third kappa shape index (κ3) is 5.21. The fraction of sp³-hybridized carbons (Fsp3) is 0.391. The minimum atomic E-state index is -0.285. The first-order valence-electron chi connectivity index (χ1n) is 9.94. The summed E-state index contributed by atoms with van der Waals surface area (Å²) < 4.78 is 13.3. The molecule has 2 amide bonds.